The second-order valence-corrected chi connectivity index (χ2v) is 6.09. The Labute approximate surface area is 152 Å². The topological polar surface area (TPSA) is 63.1 Å². The van der Waals surface area contributed by atoms with Crippen molar-refractivity contribution in [3.63, 3.8) is 0 Å². The van der Waals surface area contributed by atoms with Crippen molar-refractivity contribution in [1.82, 2.24) is 19.7 Å². The summed E-state index contributed by atoms with van der Waals surface area (Å²) in [5, 5.41) is 6.78. The van der Waals surface area contributed by atoms with Gasteiger partial charge in [0.2, 0.25) is 11.9 Å². The second kappa shape index (κ2) is 6.75. The van der Waals surface area contributed by atoms with E-state index in [1.807, 2.05) is 0 Å². The normalized spacial score (nSPS) is 13.4. The van der Waals surface area contributed by atoms with Crippen LogP contribution in [0.25, 0.3) is 11.1 Å². The number of urea groups is 1. The molecule has 1 aromatic carbocycles. The van der Waals surface area contributed by atoms with E-state index >= 15 is 0 Å². The molecule has 0 unspecified atom stereocenters. The van der Waals surface area contributed by atoms with Gasteiger partial charge in [-0.2, -0.15) is 18.9 Å². The smallest absolute Gasteiger partial charge is 0.317 e. The summed E-state index contributed by atoms with van der Waals surface area (Å²) in [6.45, 7) is 1.12. The van der Waals surface area contributed by atoms with E-state index in [1.165, 1.54) is 17.0 Å². The molecule has 0 saturated heterocycles. The zero-order valence-electron chi connectivity index (χ0n) is 14.0. The van der Waals surface area contributed by atoms with Crippen LogP contribution < -0.4 is 5.32 Å². The third-order valence-electron chi connectivity index (χ3n) is 4.33. The molecular formula is C18H14F3N5O. The number of nitrogens with zero attached hydrogens (tertiary/aromatic N) is 4. The highest BCUT2D eigenvalue weighted by Gasteiger charge is 2.24. The molecule has 2 aromatic heterocycles. The van der Waals surface area contributed by atoms with E-state index < -0.39 is 17.9 Å². The van der Waals surface area contributed by atoms with Crippen LogP contribution in [0.3, 0.4) is 0 Å². The Balaban J connectivity index is 1.54. The highest BCUT2D eigenvalue weighted by molar-refractivity contribution is 5.89. The quantitative estimate of drug-likeness (QED) is 0.701. The van der Waals surface area contributed by atoms with Crippen LogP contribution in [0.5, 0.6) is 0 Å². The number of hydrogen-bond donors (Lipinski definition) is 1. The van der Waals surface area contributed by atoms with Gasteiger partial charge < -0.3 is 10.2 Å². The molecule has 0 saturated carbocycles. The van der Waals surface area contributed by atoms with Crippen LogP contribution in [0.2, 0.25) is 0 Å². The molecule has 0 atom stereocenters. The maximum Gasteiger partial charge on any atom is 0.322 e. The van der Waals surface area contributed by atoms with Gasteiger partial charge in [-0.3, -0.25) is 4.68 Å². The molecule has 0 aliphatic carbocycles. The van der Waals surface area contributed by atoms with Gasteiger partial charge in [-0.25, -0.2) is 9.18 Å². The number of nitrogens with one attached hydrogen (secondary N) is 1. The first kappa shape index (κ1) is 17.1. The van der Waals surface area contributed by atoms with E-state index in [0.717, 1.165) is 29.0 Å². The predicted molar refractivity (Wildman–Crippen MR) is 91.2 cm³/mol. The summed E-state index contributed by atoms with van der Waals surface area (Å²) in [5.74, 6) is -2.36. The summed E-state index contributed by atoms with van der Waals surface area (Å²) in [6.07, 6.45) is 1.68. The largest absolute Gasteiger partial charge is 0.322 e. The molecule has 3 aromatic rings. The Hall–Kier alpha value is -3.36. The third-order valence-corrected chi connectivity index (χ3v) is 4.33. The Kier molecular flexibility index (Phi) is 4.27. The van der Waals surface area contributed by atoms with Crippen molar-refractivity contribution in [2.45, 2.75) is 13.1 Å². The van der Waals surface area contributed by atoms with Gasteiger partial charge in [-0.15, -0.1) is 0 Å². The van der Waals surface area contributed by atoms with Crippen molar-refractivity contribution in [1.29, 1.82) is 0 Å². The summed E-state index contributed by atoms with van der Waals surface area (Å²) in [7, 11) is 0. The molecule has 3 heterocycles. The first-order valence-corrected chi connectivity index (χ1v) is 8.19. The number of aromatic nitrogens is 3. The van der Waals surface area contributed by atoms with Crippen LogP contribution in [0.1, 0.15) is 5.69 Å². The Bertz CT molecular complexity index is 982. The molecule has 0 radical (unpaired) electrons. The molecular weight excluding hydrogens is 359 g/mol. The molecule has 27 heavy (non-hydrogen) atoms. The number of rotatable bonds is 2. The van der Waals surface area contributed by atoms with E-state index in [1.54, 1.807) is 23.0 Å². The summed E-state index contributed by atoms with van der Waals surface area (Å²) >= 11 is 0. The van der Waals surface area contributed by atoms with Gasteiger partial charge in [-0.1, -0.05) is 12.1 Å². The van der Waals surface area contributed by atoms with Gasteiger partial charge in [0.05, 0.1) is 30.7 Å². The van der Waals surface area contributed by atoms with Crippen LogP contribution in [0.4, 0.5) is 23.7 Å². The summed E-state index contributed by atoms with van der Waals surface area (Å²) in [6, 6.07) is 7.41. The van der Waals surface area contributed by atoms with E-state index in [9.17, 15) is 18.0 Å². The number of fused-ring (bicyclic) bond motifs is 1. The van der Waals surface area contributed by atoms with Crippen LogP contribution in [-0.2, 0) is 13.1 Å². The lowest BCUT2D eigenvalue weighted by atomic mass is 10.1. The van der Waals surface area contributed by atoms with Gasteiger partial charge in [0.25, 0.3) is 0 Å². The minimum absolute atomic E-state index is 0.0113. The van der Waals surface area contributed by atoms with Gasteiger partial charge in [-0.05, 0) is 17.7 Å². The molecule has 6 nitrogen and oxygen atoms in total. The van der Waals surface area contributed by atoms with E-state index in [2.05, 4.69) is 15.4 Å². The SMILES string of the molecule is O=C(Nc1cc(F)nc(F)c1)N1CCn2ncc(-c3ccc(F)cc3)c2C1. The number of benzene rings is 1. The lowest BCUT2D eigenvalue weighted by Gasteiger charge is -2.28. The predicted octanol–water partition coefficient (Wildman–Crippen LogP) is 3.41. The van der Waals surface area contributed by atoms with Crippen LogP contribution in [-0.4, -0.2) is 32.2 Å². The first-order chi connectivity index (χ1) is 13.0. The average Bonchev–Trinajstić information content (AvgIpc) is 3.04. The molecule has 1 N–H and O–H groups in total. The van der Waals surface area contributed by atoms with Gasteiger partial charge in [0.1, 0.15) is 5.82 Å². The number of anilines is 1. The molecule has 2 amide bonds. The Morgan fingerprint density at radius 1 is 1.04 bits per heavy atom. The highest BCUT2D eigenvalue weighted by atomic mass is 19.1. The maximum atomic E-state index is 13.2. The fourth-order valence-corrected chi connectivity index (χ4v) is 3.03. The van der Waals surface area contributed by atoms with E-state index in [4.69, 9.17) is 0 Å². The van der Waals surface area contributed by atoms with Gasteiger partial charge in [0.15, 0.2) is 0 Å². The van der Waals surface area contributed by atoms with Crippen molar-refractivity contribution in [3.8, 4) is 11.1 Å². The molecule has 138 valence electrons. The highest BCUT2D eigenvalue weighted by Crippen LogP contribution is 2.27. The van der Waals surface area contributed by atoms with E-state index in [-0.39, 0.29) is 18.0 Å². The minimum Gasteiger partial charge on any atom is -0.317 e. The number of amides is 2. The molecule has 0 fully saturated rings. The zero-order chi connectivity index (χ0) is 19.0. The van der Waals surface area contributed by atoms with Crippen LogP contribution >= 0.6 is 0 Å². The second-order valence-electron chi connectivity index (χ2n) is 6.09. The van der Waals surface area contributed by atoms with Crippen molar-refractivity contribution >= 4 is 11.7 Å². The zero-order valence-corrected chi connectivity index (χ0v) is 14.0. The lowest BCUT2D eigenvalue weighted by molar-refractivity contribution is 0.194. The lowest BCUT2D eigenvalue weighted by Crippen LogP contribution is -2.41. The molecule has 0 spiro atoms. The number of halogens is 3. The fourth-order valence-electron chi connectivity index (χ4n) is 3.03. The van der Waals surface area contributed by atoms with Crippen LogP contribution in [0, 0.1) is 17.7 Å². The standard InChI is InChI=1S/C18H14F3N5O/c19-12-3-1-11(2-4-12)14-9-22-26-6-5-25(10-15(14)26)18(27)23-13-7-16(20)24-17(21)8-13/h1-4,7-9H,5-6,10H2,(H,23,24,27). The molecule has 4 rings (SSSR count). The molecule has 0 bridgehead atoms. The van der Waals surface area contributed by atoms with Crippen molar-refractivity contribution in [3.05, 3.63) is 66.0 Å². The van der Waals surface area contributed by atoms with Crippen molar-refractivity contribution in [2.75, 3.05) is 11.9 Å². The number of hydrogen-bond acceptors (Lipinski definition) is 3. The fraction of sp³-hybridized carbons (Fsp3) is 0.167. The molecule has 1 aliphatic rings. The van der Waals surface area contributed by atoms with E-state index in [0.29, 0.717) is 13.1 Å². The first-order valence-electron chi connectivity index (χ1n) is 8.19. The summed E-state index contributed by atoms with van der Waals surface area (Å²) in [5.41, 5.74) is 2.38. The Morgan fingerprint density at radius 2 is 1.74 bits per heavy atom. The number of carbonyl (C=O) groups excluding carboxylic acids is 1. The number of pyridine rings is 1. The number of carbonyl (C=O) groups is 1. The van der Waals surface area contributed by atoms with Gasteiger partial charge in [0, 0.05) is 24.2 Å². The molecule has 1 aliphatic heterocycles. The molecule has 9 heteroatoms. The van der Waals surface area contributed by atoms with Crippen molar-refractivity contribution in [2.24, 2.45) is 0 Å². The minimum atomic E-state index is -1.01. The summed E-state index contributed by atoms with van der Waals surface area (Å²) < 4.78 is 41.3. The monoisotopic (exact) mass is 373 g/mol. The summed E-state index contributed by atoms with van der Waals surface area (Å²) in [4.78, 5) is 17.0. The third kappa shape index (κ3) is 3.48. The van der Waals surface area contributed by atoms with Crippen LogP contribution in [0.15, 0.2) is 42.6 Å². The average molecular weight is 373 g/mol. The maximum absolute atomic E-state index is 13.2. The Morgan fingerprint density at radius 3 is 2.44 bits per heavy atom. The van der Waals surface area contributed by atoms with Gasteiger partial charge >= 0.3 is 6.03 Å². The van der Waals surface area contributed by atoms with Crippen molar-refractivity contribution < 1.29 is 18.0 Å².